The first-order valence-electron chi connectivity index (χ1n) is 16.7. The summed E-state index contributed by atoms with van der Waals surface area (Å²) in [6.07, 6.45) is 4.67. The van der Waals surface area contributed by atoms with Crippen LogP contribution in [0.2, 0.25) is 0 Å². The molecule has 0 saturated heterocycles. The number of para-hydroxylation sites is 3. The highest BCUT2D eigenvalue weighted by Crippen LogP contribution is 2.44. The molecule has 0 unspecified atom stereocenters. The molecular weight excluding hydrogens is 627 g/mol. The molecule has 0 aliphatic heterocycles. The Kier molecular flexibility index (Phi) is 8.17. The highest BCUT2D eigenvalue weighted by molar-refractivity contribution is 6.24. The maximum absolute atomic E-state index is 11.2. The Labute approximate surface area is 295 Å². The highest BCUT2D eigenvalue weighted by Gasteiger charge is 2.18. The summed E-state index contributed by atoms with van der Waals surface area (Å²) >= 11 is 0. The van der Waals surface area contributed by atoms with Gasteiger partial charge < -0.3 is 14.9 Å². The van der Waals surface area contributed by atoms with Gasteiger partial charge in [0.15, 0.2) is 0 Å². The van der Waals surface area contributed by atoms with E-state index in [9.17, 15) is 4.79 Å². The number of nitriles is 1. The molecule has 8 rings (SSSR count). The molecule has 0 saturated carbocycles. The second kappa shape index (κ2) is 13.4. The fourth-order valence-corrected chi connectivity index (χ4v) is 6.84. The van der Waals surface area contributed by atoms with Gasteiger partial charge in [-0.05, 0) is 117 Å². The van der Waals surface area contributed by atoms with Gasteiger partial charge >= 0.3 is 5.97 Å². The van der Waals surface area contributed by atoms with Gasteiger partial charge in [0.25, 0.3) is 0 Å². The number of nitrogens with zero attached hydrogens (tertiary/aromatic N) is 3. The molecule has 51 heavy (non-hydrogen) atoms. The summed E-state index contributed by atoms with van der Waals surface area (Å²) in [5.74, 6) is -1.24. The minimum Gasteiger partial charge on any atom is -0.477 e. The van der Waals surface area contributed by atoms with Crippen LogP contribution in [0.15, 0.2) is 182 Å². The Morgan fingerprint density at radius 2 is 0.882 bits per heavy atom. The lowest BCUT2D eigenvalue weighted by Gasteiger charge is -2.27. The molecule has 0 spiro atoms. The minimum absolute atomic E-state index is 0.311. The molecular formula is C46H31N3O2. The molecule has 1 N–H and O–H groups in total. The Hall–Kier alpha value is -7.16. The van der Waals surface area contributed by atoms with Crippen LogP contribution < -0.4 is 9.80 Å². The zero-order valence-electron chi connectivity index (χ0n) is 27.5. The number of rotatable bonds is 9. The monoisotopic (exact) mass is 657 g/mol. The van der Waals surface area contributed by atoms with Gasteiger partial charge in [-0.3, -0.25) is 0 Å². The molecule has 0 aliphatic rings. The second-order valence-electron chi connectivity index (χ2n) is 12.3. The van der Waals surface area contributed by atoms with Crippen LogP contribution in [-0.2, 0) is 4.79 Å². The third-order valence-corrected chi connectivity index (χ3v) is 9.12. The lowest BCUT2D eigenvalue weighted by molar-refractivity contribution is -0.132. The average Bonchev–Trinajstić information content (AvgIpc) is 3.17. The van der Waals surface area contributed by atoms with Crippen molar-refractivity contribution in [3.8, 4) is 6.07 Å². The molecule has 0 heterocycles. The van der Waals surface area contributed by atoms with E-state index in [1.54, 1.807) is 18.2 Å². The summed E-state index contributed by atoms with van der Waals surface area (Å²) in [5.41, 5.74) is 6.95. The minimum atomic E-state index is -1.24. The molecule has 5 nitrogen and oxygen atoms in total. The summed E-state index contributed by atoms with van der Waals surface area (Å²) in [7, 11) is 0. The van der Waals surface area contributed by atoms with Gasteiger partial charge in [0.2, 0.25) is 0 Å². The van der Waals surface area contributed by atoms with Crippen LogP contribution in [-0.4, -0.2) is 11.1 Å². The van der Waals surface area contributed by atoms with Crippen LogP contribution in [0.4, 0.5) is 34.1 Å². The number of carboxylic acids is 1. The molecule has 5 heteroatoms. The first-order valence-corrected chi connectivity index (χ1v) is 16.7. The predicted octanol–water partition coefficient (Wildman–Crippen LogP) is 12.1. The van der Waals surface area contributed by atoms with E-state index >= 15 is 0 Å². The summed E-state index contributed by atoms with van der Waals surface area (Å²) in [4.78, 5) is 15.7. The molecule has 0 bridgehead atoms. The number of carbonyl (C=O) groups is 1. The summed E-state index contributed by atoms with van der Waals surface area (Å²) < 4.78 is 0. The third-order valence-electron chi connectivity index (χ3n) is 9.12. The Morgan fingerprint density at radius 1 is 0.510 bits per heavy atom. The van der Waals surface area contributed by atoms with E-state index in [1.165, 1.54) is 27.6 Å². The van der Waals surface area contributed by atoms with Crippen LogP contribution in [0.25, 0.3) is 38.4 Å². The van der Waals surface area contributed by atoms with Crippen molar-refractivity contribution in [2.75, 3.05) is 9.80 Å². The smallest absolute Gasteiger partial charge is 0.346 e. The van der Waals surface area contributed by atoms with Crippen LogP contribution in [0.5, 0.6) is 0 Å². The summed E-state index contributed by atoms with van der Waals surface area (Å²) in [6, 6.07) is 59.1. The third kappa shape index (κ3) is 6.03. The van der Waals surface area contributed by atoms with E-state index in [4.69, 9.17) is 10.4 Å². The van der Waals surface area contributed by atoms with Crippen LogP contribution >= 0.6 is 0 Å². The standard InChI is InChI=1S/C46H31N3O2/c47-31-37(46(50)51)12-10-11-32-19-25-41(26-20-32)49(40-17-8-3-9-18-40)43-29-35-23-21-33-27-42(28-34-22-24-36(30-43)45(35)44(33)34)48(38-13-4-1-5-14-38)39-15-6-2-7-16-39/h1-30H,(H,50,51). The molecule has 0 fully saturated rings. The molecule has 242 valence electrons. The molecule has 0 aliphatic carbocycles. The van der Waals surface area contributed by atoms with Crippen LogP contribution in [0.1, 0.15) is 5.56 Å². The number of allylic oxidation sites excluding steroid dienone is 2. The fourth-order valence-electron chi connectivity index (χ4n) is 6.84. The predicted molar refractivity (Wildman–Crippen MR) is 210 cm³/mol. The van der Waals surface area contributed by atoms with Gasteiger partial charge in [-0.2, -0.15) is 5.26 Å². The number of hydrogen-bond donors (Lipinski definition) is 1. The van der Waals surface area contributed by atoms with Gasteiger partial charge in [-0.1, -0.05) is 103 Å². The lowest BCUT2D eigenvalue weighted by atomic mass is 9.92. The second-order valence-corrected chi connectivity index (χ2v) is 12.3. The van der Waals surface area contributed by atoms with E-state index in [1.807, 2.05) is 42.5 Å². The maximum Gasteiger partial charge on any atom is 0.346 e. The van der Waals surface area contributed by atoms with Crippen molar-refractivity contribution in [3.63, 3.8) is 0 Å². The number of benzene rings is 8. The van der Waals surface area contributed by atoms with Gasteiger partial charge in [0.05, 0.1) is 0 Å². The van der Waals surface area contributed by atoms with Crippen molar-refractivity contribution < 1.29 is 9.90 Å². The van der Waals surface area contributed by atoms with Gasteiger partial charge in [-0.25, -0.2) is 4.79 Å². The highest BCUT2D eigenvalue weighted by atomic mass is 16.4. The van der Waals surface area contributed by atoms with E-state index in [0.29, 0.717) is 0 Å². The quantitative estimate of drug-likeness (QED) is 0.0724. The van der Waals surface area contributed by atoms with E-state index < -0.39 is 5.97 Å². The lowest BCUT2D eigenvalue weighted by Crippen LogP contribution is -2.10. The first-order chi connectivity index (χ1) is 25.1. The van der Waals surface area contributed by atoms with E-state index in [2.05, 4.69) is 131 Å². The van der Waals surface area contributed by atoms with Crippen molar-refractivity contribution in [2.45, 2.75) is 0 Å². The van der Waals surface area contributed by atoms with Gasteiger partial charge in [0, 0.05) is 34.1 Å². The van der Waals surface area contributed by atoms with Gasteiger partial charge in [0.1, 0.15) is 11.6 Å². The van der Waals surface area contributed by atoms with E-state index in [0.717, 1.165) is 50.5 Å². The van der Waals surface area contributed by atoms with E-state index in [-0.39, 0.29) is 5.57 Å². The zero-order valence-corrected chi connectivity index (χ0v) is 27.5. The van der Waals surface area contributed by atoms with Crippen LogP contribution in [0, 0.1) is 11.3 Å². The largest absolute Gasteiger partial charge is 0.477 e. The molecule has 8 aromatic rings. The van der Waals surface area contributed by atoms with Crippen LogP contribution in [0.3, 0.4) is 0 Å². The number of carboxylic acid groups (broad SMARTS) is 1. The zero-order chi connectivity index (χ0) is 34.7. The van der Waals surface area contributed by atoms with Crippen molar-refractivity contribution >= 4 is 78.5 Å². The van der Waals surface area contributed by atoms with Crippen molar-refractivity contribution in [3.05, 3.63) is 187 Å². The summed E-state index contributed by atoms with van der Waals surface area (Å²) in [6.45, 7) is 0. The fraction of sp³-hybridized carbons (Fsp3) is 0. The molecule has 0 aromatic heterocycles. The maximum atomic E-state index is 11.2. The molecule has 8 aromatic carbocycles. The topological polar surface area (TPSA) is 67.6 Å². The average molecular weight is 658 g/mol. The normalized spacial score (nSPS) is 11.7. The first kappa shape index (κ1) is 31.1. The number of aliphatic carboxylic acids is 1. The molecule has 0 radical (unpaired) electrons. The Bertz CT molecular complexity index is 2500. The van der Waals surface area contributed by atoms with Crippen molar-refractivity contribution in [2.24, 2.45) is 0 Å². The van der Waals surface area contributed by atoms with Crippen molar-refractivity contribution in [1.29, 1.82) is 5.26 Å². The molecule has 0 amide bonds. The Balaban J connectivity index is 1.22. The number of anilines is 6. The van der Waals surface area contributed by atoms with Crippen molar-refractivity contribution in [1.82, 2.24) is 0 Å². The summed E-state index contributed by atoms with van der Waals surface area (Å²) in [5, 5.41) is 25.3. The van der Waals surface area contributed by atoms with Gasteiger partial charge in [-0.15, -0.1) is 0 Å². The SMILES string of the molecule is N#CC(=CC=Cc1ccc(N(c2ccccc2)c2cc3ccc4cc(N(c5ccccc5)c5ccccc5)cc5ccc(c2)c3c45)cc1)C(=O)O. The number of hydrogen-bond acceptors (Lipinski definition) is 4. The Morgan fingerprint density at radius 3 is 1.24 bits per heavy atom. The molecule has 0 atom stereocenters.